The van der Waals surface area contributed by atoms with E-state index in [2.05, 4.69) is 0 Å². The number of carbonyl (C=O) groups is 1. The Morgan fingerprint density at radius 3 is 2.68 bits per heavy atom. The molecule has 1 unspecified atom stereocenters. The topological polar surface area (TPSA) is 111 Å². The zero-order chi connectivity index (χ0) is 22.0. The molecule has 31 heavy (non-hydrogen) atoms. The van der Waals surface area contributed by atoms with Gasteiger partial charge in [0, 0.05) is 25.7 Å². The van der Waals surface area contributed by atoms with Gasteiger partial charge in [-0.2, -0.15) is 12.7 Å². The smallest absolute Gasteiger partial charge is 0.304 e. The maximum absolute atomic E-state index is 14.8. The molecule has 3 aliphatic rings. The van der Waals surface area contributed by atoms with E-state index in [1.807, 2.05) is 4.72 Å². The van der Waals surface area contributed by atoms with Gasteiger partial charge in [0.15, 0.2) is 0 Å². The lowest BCUT2D eigenvalue weighted by Crippen LogP contribution is -2.52. The van der Waals surface area contributed by atoms with Crippen LogP contribution in [-0.2, 0) is 14.9 Å². The summed E-state index contributed by atoms with van der Waals surface area (Å²) in [6.45, 7) is 1.04. The number of benzene rings is 1. The van der Waals surface area contributed by atoms with Gasteiger partial charge in [0.2, 0.25) is 0 Å². The average molecular weight is 456 g/mol. The quantitative estimate of drug-likeness (QED) is 0.620. The Hall–Kier alpha value is -1.75. The third-order valence-electron chi connectivity index (χ3n) is 6.24. The highest BCUT2D eigenvalue weighted by Gasteiger charge is 2.33. The van der Waals surface area contributed by atoms with E-state index in [4.69, 9.17) is 15.2 Å². The number of morpholine rings is 1. The molecule has 2 aliphatic carbocycles. The van der Waals surface area contributed by atoms with Crippen LogP contribution in [0.2, 0.25) is 0 Å². The predicted molar refractivity (Wildman–Crippen MR) is 113 cm³/mol. The number of nitrogens with zero attached hydrogens (tertiary/aromatic N) is 1. The standard InChI is InChI=1S/C21H30FN3O5S/c22-19-10-20(30-13-14-3-1-2-4-14)17(15-5-6-15)9-18(19)21(26)24-31(27,28)25-7-8-29-16(11-23)12-25/h9-10,14-16H,1-8,11-13,23H2,(H,24,26). The van der Waals surface area contributed by atoms with E-state index in [-0.39, 0.29) is 37.7 Å². The predicted octanol–water partition coefficient (Wildman–Crippen LogP) is 1.91. The fraction of sp³-hybridized carbons (Fsp3) is 0.667. The van der Waals surface area contributed by atoms with Crippen LogP contribution in [0.3, 0.4) is 0 Å². The number of hydrogen-bond donors (Lipinski definition) is 2. The van der Waals surface area contributed by atoms with Crippen LogP contribution in [0.5, 0.6) is 5.75 Å². The van der Waals surface area contributed by atoms with Gasteiger partial charge in [0.1, 0.15) is 11.6 Å². The second-order valence-electron chi connectivity index (χ2n) is 8.63. The van der Waals surface area contributed by atoms with Gasteiger partial charge >= 0.3 is 10.2 Å². The summed E-state index contributed by atoms with van der Waals surface area (Å²) in [6, 6.07) is 2.67. The van der Waals surface area contributed by atoms with Crippen molar-refractivity contribution in [1.29, 1.82) is 0 Å². The second kappa shape index (κ2) is 9.40. The molecular weight excluding hydrogens is 425 g/mol. The molecule has 0 spiro atoms. The molecule has 1 saturated heterocycles. The number of carbonyl (C=O) groups excluding carboxylic acids is 1. The summed E-state index contributed by atoms with van der Waals surface area (Å²) in [6.07, 6.45) is 6.08. The lowest BCUT2D eigenvalue weighted by Gasteiger charge is -2.31. The molecule has 1 aromatic carbocycles. The third-order valence-corrected chi connectivity index (χ3v) is 7.69. The highest BCUT2D eigenvalue weighted by atomic mass is 32.2. The van der Waals surface area contributed by atoms with Crippen LogP contribution in [0.25, 0.3) is 0 Å². The van der Waals surface area contributed by atoms with Gasteiger partial charge in [0.05, 0.1) is 24.9 Å². The van der Waals surface area contributed by atoms with Crippen molar-refractivity contribution >= 4 is 16.1 Å². The van der Waals surface area contributed by atoms with E-state index < -0.39 is 28.0 Å². The van der Waals surface area contributed by atoms with Crippen LogP contribution in [0.4, 0.5) is 4.39 Å². The van der Waals surface area contributed by atoms with E-state index in [1.165, 1.54) is 25.0 Å². The van der Waals surface area contributed by atoms with Crippen LogP contribution in [0.15, 0.2) is 12.1 Å². The number of nitrogens with one attached hydrogen (secondary N) is 1. The molecular formula is C21H30FN3O5S. The fourth-order valence-electron chi connectivity index (χ4n) is 4.26. The van der Waals surface area contributed by atoms with Crippen molar-refractivity contribution in [2.75, 3.05) is 32.8 Å². The zero-order valence-electron chi connectivity index (χ0n) is 17.5. The molecule has 3 fully saturated rings. The average Bonchev–Trinajstić information content (AvgIpc) is 3.46. The Morgan fingerprint density at radius 2 is 2.00 bits per heavy atom. The summed E-state index contributed by atoms with van der Waals surface area (Å²) in [7, 11) is -4.14. The molecule has 3 N–H and O–H groups in total. The minimum atomic E-state index is -4.14. The van der Waals surface area contributed by atoms with Gasteiger partial charge in [-0.05, 0) is 49.1 Å². The molecule has 172 valence electrons. The normalized spacial score (nSPS) is 23.1. The SMILES string of the molecule is NCC1CN(S(=O)(=O)NC(=O)c2cc(C3CC3)c(OCC3CCCC3)cc2F)CCO1. The fourth-order valence-corrected chi connectivity index (χ4v) is 5.41. The van der Waals surface area contributed by atoms with Crippen molar-refractivity contribution in [2.45, 2.75) is 50.5 Å². The molecule has 1 aromatic rings. The lowest BCUT2D eigenvalue weighted by atomic mass is 10.0. The van der Waals surface area contributed by atoms with E-state index in [0.717, 1.165) is 35.6 Å². The monoisotopic (exact) mass is 455 g/mol. The Bertz CT molecular complexity index is 916. The molecule has 0 aromatic heterocycles. The van der Waals surface area contributed by atoms with Gasteiger partial charge in [-0.3, -0.25) is 4.79 Å². The molecule has 1 atom stereocenters. The molecule has 10 heteroatoms. The molecule has 1 heterocycles. The van der Waals surface area contributed by atoms with Crippen LogP contribution >= 0.6 is 0 Å². The molecule has 0 bridgehead atoms. The summed E-state index contributed by atoms with van der Waals surface area (Å²) in [5.41, 5.74) is 6.04. The van der Waals surface area contributed by atoms with E-state index >= 15 is 0 Å². The second-order valence-corrected chi connectivity index (χ2v) is 10.3. The summed E-state index contributed by atoms with van der Waals surface area (Å²) in [4.78, 5) is 12.7. The van der Waals surface area contributed by atoms with Crippen LogP contribution in [-0.4, -0.2) is 57.6 Å². The maximum Gasteiger partial charge on any atom is 0.304 e. The van der Waals surface area contributed by atoms with Crippen LogP contribution in [0, 0.1) is 11.7 Å². The van der Waals surface area contributed by atoms with Gasteiger partial charge in [-0.25, -0.2) is 9.11 Å². The summed E-state index contributed by atoms with van der Waals surface area (Å²) >= 11 is 0. The number of hydrogen-bond acceptors (Lipinski definition) is 6. The largest absolute Gasteiger partial charge is 0.493 e. The number of halogens is 1. The molecule has 1 amide bonds. The number of rotatable bonds is 8. The van der Waals surface area contributed by atoms with Gasteiger partial charge in [-0.15, -0.1) is 0 Å². The first kappa shape index (κ1) is 22.4. The lowest BCUT2D eigenvalue weighted by molar-refractivity contribution is 0.00414. The number of nitrogens with two attached hydrogens (primary N) is 1. The van der Waals surface area contributed by atoms with E-state index in [1.54, 1.807) is 0 Å². The molecule has 4 rings (SSSR count). The zero-order valence-corrected chi connectivity index (χ0v) is 18.3. The van der Waals surface area contributed by atoms with Crippen LogP contribution in [0.1, 0.15) is 60.4 Å². The number of amides is 1. The summed E-state index contributed by atoms with van der Waals surface area (Å²) in [5, 5.41) is 0. The van der Waals surface area contributed by atoms with E-state index in [0.29, 0.717) is 18.3 Å². The van der Waals surface area contributed by atoms with E-state index in [9.17, 15) is 17.6 Å². The van der Waals surface area contributed by atoms with Crippen molar-refractivity contribution < 1.29 is 27.1 Å². The summed E-state index contributed by atoms with van der Waals surface area (Å²) in [5.74, 6) is -0.621. The third kappa shape index (κ3) is 5.36. The number of ether oxygens (including phenoxy) is 2. The first-order valence-electron chi connectivity index (χ1n) is 11.0. The van der Waals surface area contributed by atoms with Crippen molar-refractivity contribution in [1.82, 2.24) is 9.03 Å². The first-order chi connectivity index (χ1) is 14.9. The highest BCUT2D eigenvalue weighted by Crippen LogP contribution is 2.45. The molecule has 8 nitrogen and oxygen atoms in total. The Kier molecular flexibility index (Phi) is 6.80. The van der Waals surface area contributed by atoms with Gasteiger partial charge in [-0.1, -0.05) is 12.8 Å². The Labute approximate surface area is 182 Å². The minimum Gasteiger partial charge on any atom is -0.493 e. The van der Waals surface area contributed by atoms with Crippen molar-refractivity contribution in [3.05, 3.63) is 29.1 Å². The van der Waals surface area contributed by atoms with Gasteiger partial charge in [0.25, 0.3) is 5.91 Å². The summed E-state index contributed by atoms with van der Waals surface area (Å²) < 4.78 is 54.5. The van der Waals surface area contributed by atoms with Crippen LogP contribution < -0.4 is 15.2 Å². The highest BCUT2D eigenvalue weighted by molar-refractivity contribution is 7.87. The molecule has 1 aliphatic heterocycles. The molecule has 2 saturated carbocycles. The van der Waals surface area contributed by atoms with Crippen molar-refractivity contribution in [3.63, 3.8) is 0 Å². The Balaban J connectivity index is 1.49. The van der Waals surface area contributed by atoms with Gasteiger partial charge < -0.3 is 15.2 Å². The maximum atomic E-state index is 14.8. The first-order valence-corrected chi connectivity index (χ1v) is 12.4. The van der Waals surface area contributed by atoms with Crippen molar-refractivity contribution in [2.24, 2.45) is 11.7 Å². The van der Waals surface area contributed by atoms with Crippen molar-refractivity contribution in [3.8, 4) is 5.75 Å². The minimum absolute atomic E-state index is 0.0445. The molecule has 0 radical (unpaired) electrons. The Morgan fingerprint density at radius 1 is 1.26 bits per heavy atom.